The van der Waals surface area contributed by atoms with Gasteiger partial charge >= 0.3 is 0 Å². The lowest BCUT2D eigenvalue weighted by molar-refractivity contribution is 0.120. The van der Waals surface area contributed by atoms with Crippen molar-refractivity contribution >= 4 is 11.8 Å². The molecular formula is C12H24OS. The van der Waals surface area contributed by atoms with Crippen molar-refractivity contribution in [3.63, 3.8) is 0 Å². The van der Waals surface area contributed by atoms with E-state index in [4.69, 9.17) is 0 Å². The van der Waals surface area contributed by atoms with Crippen molar-refractivity contribution in [1.82, 2.24) is 0 Å². The minimum Gasteiger partial charge on any atom is -0.392 e. The molecule has 1 aliphatic carbocycles. The van der Waals surface area contributed by atoms with E-state index in [0.29, 0.717) is 5.92 Å². The second-order valence-corrected chi connectivity index (χ2v) is 5.54. The normalized spacial score (nSPS) is 21.9. The van der Waals surface area contributed by atoms with Gasteiger partial charge in [-0.05, 0) is 30.9 Å². The summed E-state index contributed by atoms with van der Waals surface area (Å²) in [6, 6.07) is 0. The van der Waals surface area contributed by atoms with Crippen molar-refractivity contribution < 1.29 is 5.11 Å². The average molecular weight is 216 g/mol. The minimum atomic E-state index is -0.0374. The number of rotatable bonds is 5. The average Bonchev–Trinajstić information content (AvgIpc) is 2.46. The molecule has 0 saturated heterocycles. The van der Waals surface area contributed by atoms with Gasteiger partial charge < -0.3 is 5.11 Å². The lowest BCUT2D eigenvalue weighted by Crippen LogP contribution is -2.22. The topological polar surface area (TPSA) is 20.2 Å². The first-order valence-corrected chi connectivity index (χ1v) is 7.26. The first-order valence-electron chi connectivity index (χ1n) is 6.10. The molecule has 0 aliphatic heterocycles. The number of hydrogen-bond acceptors (Lipinski definition) is 2. The van der Waals surface area contributed by atoms with Gasteiger partial charge in [0.1, 0.15) is 0 Å². The Balaban J connectivity index is 2.16. The second kappa shape index (κ2) is 7.58. The fourth-order valence-electron chi connectivity index (χ4n) is 2.18. The molecule has 1 rings (SSSR count). The molecule has 1 unspecified atom stereocenters. The van der Waals surface area contributed by atoms with Crippen LogP contribution in [0.5, 0.6) is 0 Å². The van der Waals surface area contributed by atoms with E-state index in [9.17, 15) is 5.11 Å². The Kier molecular flexibility index (Phi) is 6.70. The summed E-state index contributed by atoms with van der Waals surface area (Å²) in [6.07, 6.45) is 9.13. The van der Waals surface area contributed by atoms with E-state index in [1.54, 1.807) is 0 Å². The molecule has 0 radical (unpaired) electrons. The zero-order valence-corrected chi connectivity index (χ0v) is 10.2. The predicted octanol–water partition coefficient (Wildman–Crippen LogP) is 3.46. The van der Waals surface area contributed by atoms with Gasteiger partial charge in [0.25, 0.3) is 0 Å². The molecule has 1 atom stereocenters. The standard InChI is InChI=1S/C12H24OS/c1-2-9-14-10-12(13)11-7-5-3-4-6-8-11/h11-13H,2-10H2,1H3. The molecule has 0 amide bonds. The highest BCUT2D eigenvalue weighted by molar-refractivity contribution is 7.99. The van der Waals surface area contributed by atoms with E-state index in [1.165, 1.54) is 50.7 Å². The third-order valence-electron chi connectivity index (χ3n) is 3.08. The summed E-state index contributed by atoms with van der Waals surface area (Å²) in [5.41, 5.74) is 0. The van der Waals surface area contributed by atoms with Crippen LogP contribution in [0.1, 0.15) is 51.9 Å². The first-order chi connectivity index (χ1) is 6.84. The molecule has 1 N–H and O–H groups in total. The van der Waals surface area contributed by atoms with Crippen LogP contribution >= 0.6 is 11.8 Å². The fourth-order valence-corrected chi connectivity index (χ4v) is 3.15. The minimum absolute atomic E-state index is 0.0374. The van der Waals surface area contributed by atoms with Gasteiger partial charge in [-0.15, -0.1) is 0 Å². The number of thioether (sulfide) groups is 1. The van der Waals surface area contributed by atoms with Gasteiger partial charge in [0.2, 0.25) is 0 Å². The fraction of sp³-hybridized carbons (Fsp3) is 1.00. The van der Waals surface area contributed by atoms with Gasteiger partial charge in [-0.3, -0.25) is 0 Å². The lowest BCUT2D eigenvalue weighted by atomic mass is 9.95. The summed E-state index contributed by atoms with van der Waals surface area (Å²) in [6.45, 7) is 2.20. The Bertz CT molecular complexity index is 130. The lowest BCUT2D eigenvalue weighted by Gasteiger charge is -2.20. The highest BCUT2D eigenvalue weighted by Gasteiger charge is 2.20. The van der Waals surface area contributed by atoms with Crippen molar-refractivity contribution in [1.29, 1.82) is 0 Å². The molecule has 0 spiro atoms. The molecule has 0 heterocycles. The summed E-state index contributed by atoms with van der Waals surface area (Å²) in [5.74, 6) is 2.75. The van der Waals surface area contributed by atoms with Crippen molar-refractivity contribution in [3.05, 3.63) is 0 Å². The van der Waals surface area contributed by atoms with Crippen LogP contribution < -0.4 is 0 Å². The van der Waals surface area contributed by atoms with Gasteiger partial charge in [-0.1, -0.05) is 32.6 Å². The summed E-state index contributed by atoms with van der Waals surface area (Å²) < 4.78 is 0. The van der Waals surface area contributed by atoms with Crippen LogP contribution in [0.15, 0.2) is 0 Å². The first kappa shape index (κ1) is 12.4. The largest absolute Gasteiger partial charge is 0.392 e. The summed E-state index contributed by atoms with van der Waals surface area (Å²) in [7, 11) is 0. The Morgan fingerprint density at radius 1 is 1.21 bits per heavy atom. The van der Waals surface area contributed by atoms with E-state index in [1.807, 2.05) is 11.8 Å². The van der Waals surface area contributed by atoms with Crippen LogP contribution in [0.3, 0.4) is 0 Å². The Morgan fingerprint density at radius 3 is 2.43 bits per heavy atom. The van der Waals surface area contributed by atoms with Gasteiger partial charge in [-0.25, -0.2) is 0 Å². The Morgan fingerprint density at radius 2 is 1.86 bits per heavy atom. The zero-order chi connectivity index (χ0) is 10.2. The van der Waals surface area contributed by atoms with E-state index < -0.39 is 0 Å². The monoisotopic (exact) mass is 216 g/mol. The molecule has 0 aromatic carbocycles. The predicted molar refractivity (Wildman–Crippen MR) is 64.8 cm³/mol. The van der Waals surface area contributed by atoms with Gasteiger partial charge in [0.15, 0.2) is 0 Å². The van der Waals surface area contributed by atoms with E-state index in [-0.39, 0.29) is 6.10 Å². The maximum Gasteiger partial charge on any atom is 0.0658 e. The van der Waals surface area contributed by atoms with Crippen molar-refractivity contribution in [2.75, 3.05) is 11.5 Å². The molecule has 1 saturated carbocycles. The number of aliphatic hydroxyl groups excluding tert-OH is 1. The smallest absolute Gasteiger partial charge is 0.0658 e. The van der Waals surface area contributed by atoms with E-state index >= 15 is 0 Å². The molecule has 84 valence electrons. The molecule has 14 heavy (non-hydrogen) atoms. The zero-order valence-electron chi connectivity index (χ0n) is 9.37. The van der Waals surface area contributed by atoms with Crippen LogP contribution in [-0.4, -0.2) is 22.7 Å². The summed E-state index contributed by atoms with van der Waals surface area (Å²) in [5, 5.41) is 10.0. The number of hydrogen-bond donors (Lipinski definition) is 1. The SMILES string of the molecule is CCCSCC(O)C1CCCCCC1. The number of aliphatic hydroxyl groups is 1. The quantitative estimate of drug-likeness (QED) is 0.561. The highest BCUT2D eigenvalue weighted by Crippen LogP contribution is 2.27. The summed E-state index contributed by atoms with van der Waals surface area (Å²) >= 11 is 1.91. The Labute approximate surface area is 92.7 Å². The molecular weight excluding hydrogens is 192 g/mol. The third kappa shape index (κ3) is 4.70. The van der Waals surface area contributed by atoms with Gasteiger partial charge in [-0.2, -0.15) is 11.8 Å². The molecule has 0 aromatic rings. The van der Waals surface area contributed by atoms with Crippen molar-refractivity contribution in [2.45, 2.75) is 58.0 Å². The van der Waals surface area contributed by atoms with E-state index in [0.717, 1.165) is 5.75 Å². The van der Waals surface area contributed by atoms with Crippen LogP contribution in [0.2, 0.25) is 0 Å². The van der Waals surface area contributed by atoms with Crippen LogP contribution in [0, 0.1) is 5.92 Å². The van der Waals surface area contributed by atoms with Gasteiger partial charge in [0, 0.05) is 5.75 Å². The van der Waals surface area contributed by atoms with Crippen LogP contribution in [0.25, 0.3) is 0 Å². The molecule has 2 heteroatoms. The molecule has 1 fully saturated rings. The third-order valence-corrected chi connectivity index (χ3v) is 4.36. The van der Waals surface area contributed by atoms with Crippen LogP contribution in [-0.2, 0) is 0 Å². The second-order valence-electron chi connectivity index (χ2n) is 4.39. The maximum absolute atomic E-state index is 10.0. The Hall–Kier alpha value is 0.310. The van der Waals surface area contributed by atoms with Crippen molar-refractivity contribution in [3.8, 4) is 0 Å². The van der Waals surface area contributed by atoms with Crippen molar-refractivity contribution in [2.24, 2.45) is 5.92 Å². The highest BCUT2D eigenvalue weighted by atomic mass is 32.2. The van der Waals surface area contributed by atoms with E-state index in [2.05, 4.69) is 6.92 Å². The molecule has 0 aromatic heterocycles. The van der Waals surface area contributed by atoms with Crippen LogP contribution in [0.4, 0.5) is 0 Å². The molecule has 0 bridgehead atoms. The van der Waals surface area contributed by atoms with Gasteiger partial charge in [0.05, 0.1) is 6.10 Å². The summed E-state index contributed by atoms with van der Waals surface area (Å²) in [4.78, 5) is 0. The molecule has 1 aliphatic rings. The maximum atomic E-state index is 10.0. The molecule has 1 nitrogen and oxygen atoms in total.